The third-order valence-electron chi connectivity index (χ3n) is 2.94. The van der Waals surface area contributed by atoms with Crippen molar-refractivity contribution in [3.63, 3.8) is 0 Å². The van der Waals surface area contributed by atoms with Crippen LogP contribution in [0.25, 0.3) is 0 Å². The molecule has 2 rings (SSSR count). The number of methoxy groups -OCH3 is 1. The number of amides is 1. The SMILES string of the molecule is COCCN1C(=O)C(C)SC1c1ccc(Br)cc1. The van der Waals surface area contributed by atoms with Gasteiger partial charge in [0.2, 0.25) is 5.91 Å². The summed E-state index contributed by atoms with van der Waals surface area (Å²) < 4.78 is 6.13. The van der Waals surface area contributed by atoms with Crippen LogP contribution in [0.1, 0.15) is 17.9 Å². The van der Waals surface area contributed by atoms with E-state index < -0.39 is 0 Å². The van der Waals surface area contributed by atoms with Crippen molar-refractivity contribution in [3.05, 3.63) is 34.3 Å². The van der Waals surface area contributed by atoms with Crippen molar-refractivity contribution in [3.8, 4) is 0 Å². The Hall–Kier alpha value is -0.520. The second-order valence-electron chi connectivity index (χ2n) is 4.21. The minimum absolute atomic E-state index is 0.0236. The van der Waals surface area contributed by atoms with Gasteiger partial charge in [-0.25, -0.2) is 0 Å². The summed E-state index contributed by atoms with van der Waals surface area (Å²) in [4.78, 5) is 14.0. The zero-order chi connectivity index (χ0) is 13.1. The molecule has 0 radical (unpaired) electrons. The molecule has 1 fully saturated rings. The molecule has 0 N–H and O–H groups in total. The Morgan fingerprint density at radius 1 is 1.39 bits per heavy atom. The lowest BCUT2D eigenvalue weighted by atomic mass is 10.2. The monoisotopic (exact) mass is 329 g/mol. The maximum Gasteiger partial charge on any atom is 0.236 e. The van der Waals surface area contributed by atoms with Crippen molar-refractivity contribution in [1.82, 2.24) is 4.90 Å². The highest BCUT2D eigenvalue weighted by atomic mass is 79.9. The van der Waals surface area contributed by atoms with E-state index in [1.54, 1.807) is 18.9 Å². The molecule has 5 heteroatoms. The molecule has 98 valence electrons. The fourth-order valence-electron chi connectivity index (χ4n) is 1.98. The molecule has 1 aromatic carbocycles. The molecule has 2 atom stereocenters. The van der Waals surface area contributed by atoms with Crippen LogP contribution in [0.3, 0.4) is 0 Å². The number of carbonyl (C=O) groups excluding carboxylic acids is 1. The van der Waals surface area contributed by atoms with Gasteiger partial charge in [0.1, 0.15) is 5.37 Å². The fraction of sp³-hybridized carbons (Fsp3) is 0.462. The first-order valence-electron chi connectivity index (χ1n) is 5.84. The Kier molecular flexibility index (Phi) is 4.70. The number of hydrogen-bond acceptors (Lipinski definition) is 3. The van der Waals surface area contributed by atoms with Crippen LogP contribution in [0.15, 0.2) is 28.7 Å². The molecule has 0 bridgehead atoms. The van der Waals surface area contributed by atoms with Crippen molar-refractivity contribution in [1.29, 1.82) is 0 Å². The van der Waals surface area contributed by atoms with Gasteiger partial charge in [0.15, 0.2) is 0 Å². The van der Waals surface area contributed by atoms with E-state index in [2.05, 4.69) is 28.1 Å². The van der Waals surface area contributed by atoms with E-state index in [1.165, 1.54) is 0 Å². The number of halogens is 1. The largest absolute Gasteiger partial charge is 0.383 e. The van der Waals surface area contributed by atoms with Crippen molar-refractivity contribution >= 4 is 33.6 Å². The van der Waals surface area contributed by atoms with Gasteiger partial charge in [0, 0.05) is 18.1 Å². The molecule has 1 aromatic rings. The van der Waals surface area contributed by atoms with E-state index in [1.807, 2.05) is 24.0 Å². The summed E-state index contributed by atoms with van der Waals surface area (Å²) in [6.45, 7) is 3.19. The molecule has 1 heterocycles. The minimum atomic E-state index is 0.0236. The van der Waals surface area contributed by atoms with E-state index in [4.69, 9.17) is 4.74 Å². The maximum atomic E-state index is 12.1. The van der Waals surface area contributed by atoms with E-state index in [-0.39, 0.29) is 16.5 Å². The summed E-state index contributed by atoms with van der Waals surface area (Å²) in [6, 6.07) is 8.15. The number of ether oxygens (including phenoxy) is 1. The second kappa shape index (κ2) is 6.08. The molecule has 1 aliphatic rings. The summed E-state index contributed by atoms with van der Waals surface area (Å²) in [5.41, 5.74) is 1.16. The molecule has 0 aliphatic carbocycles. The Morgan fingerprint density at radius 3 is 2.67 bits per heavy atom. The lowest BCUT2D eigenvalue weighted by molar-refractivity contribution is -0.130. The topological polar surface area (TPSA) is 29.5 Å². The van der Waals surface area contributed by atoms with Gasteiger partial charge < -0.3 is 9.64 Å². The van der Waals surface area contributed by atoms with Crippen LogP contribution in [0.4, 0.5) is 0 Å². The molecule has 0 spiro atoms. The molecule has 0 aromatic heterocycles. The van der Waals surface area contributed by atoms with E-state index in [0.717, 1.165) is 10.0 Å². The summed E-state index contributed by atoms with van der Waals surface area (Å²) in [5.74, 6) is 0.199. The Morgan fingerprint density at radius 2 is 2.06 bits per heavy atom. The van der Waals surface area contributed by atoms with Crippen LogP contribution in [0.5, 0.6) is 0 Å². The standard InChI is InChI=1S/C13H16BrNO2S/c1-9-12(16)15(7-8-17-2)13(18-9)10-3-5-11(14)6-4-10/h3-6,9,13H,7-8H2,1-2H3. The van der Waals surface area contributed by atoms with Crippen LogP contribution in [0, 0.1) is 0 Å². The lowest BCUT2D eigenvalue weighted by Crippen LogP contribution is -2.33. The summed E-state index contributed by atoms with van der Waals surface area (Å²) in [5, 5.41) is 0.131. The molecule has 18 heavy (non-hydrogen) atoms. The second-order valence-corrected chi connectivity index (χ2v) is 6.55. The smallest absolute Gasteiger partial charge is 0.236 e. The minimum Gasteiger partial charge on any atom is -0.383 e. The van der Waals surface area contributed by atoms with Crippen molar-refractivity contribution in [2.24, 2.45) is 0 Å². The van der Waals surface area contributed by atoms with Gasteiger partial charge in [-0.2, -0.15) is 0 Å². The van der Waals surface area contributed by atoms with Gasteiger partial charge in [-0.05, 0) is 24.6 Å². The Balaban J connectivity index is 2.19. The lowest BCUT2D eigenvalue weighted by Gasteiger charge is -2.23. The van der Waals surface area contributed by atoms with Gasteiger partial charge in [-0.1, -0.05) is 28.1 Å². The zero-order valence-corrected chi connectivity index (χ0v) is 12.8. The van der Waals surface area contributed by atoms with Gasteiger partial charge in [0.25, 0.3) is 0 Å². The molecule has 1 amide bonds. The van der Waals surface area contributed by atoms with Crippen molar-refractivity contribution < 1.29 is 9.53 Å². The van der Waals surface area contributed by atoms with E-state index in [0.29, 0.717) is 13.2 Å². The summed E-state index contributed by atoms with van der Waals surface area (Å²) >= 11 is 5.12. The number of nitrogens with zero attached hydrogens (tertiary/aromatic N) is 1. The van der Waals surface area contributed by atoms with Gasteiger partial charge in [-0.15, -0.1) is 11.8 Å². The first kappa shape index (κ1) is 13.9. The summed E-state index contributed by atoms with van der Waals surface area (Å²) in [6.07, 6.45) is 0. The van der Waals surface area contributed by atoms with E-state index >= 15 is 0 Å². The number of hydrogen-bond donors (Lipinski definition) is 0. The Labute approximate surface area is 120 Å². The third-order valence-corrected chi connectivity index (χ3v) is 4.86. The normalized spacial score (nSPS) is 23.7. The van der Waals surface area contributed by atoms with E-state index in [9.17, 15) is 4.79 Å². The number of rotatable bonds is 4. The third kappa shape index (κ3) is 2.90. The number of thioether (sulfide) groups is 1. The van der Waals surface area contributed by atoms with Crippen LogP contribution in [-0.2, 0) is 9.53 Å². The molecular formula is C13H16BrNO2S. The molecular weight excluding hydrogens is 314 g/mol. The summed E-state index contributed by atoms with van der Waals surface area (Å²) in [7, 11) is 1.66. The Bertz CT molecular complexity index is 424. The zero-order valence-electron chi connectivity index (χ0n) is 10.4. The van der Waals surface area contributed by atoms with Crippen LogP contribution in [0.2, 0.25) is 0 Å². The average molecular weight is 330 g/mol. The molecule has 3 nitrogen and oxygen atoms in total. The molecule has 2 unspecified atom stereocenters. The van der Waals surface area contributed by atoms with Gasteiger partial charge in [0.05, 0.1) is 11.9 Å². The predicted molar refractivity (Wildman–Crippen MR) is 77.5 cm³/mol. The first-order valence-corrected chi connectivity index (χ1v) is 7.57. The van der Waals surface area contributed by atoms with Gasteiger partial charge >= 0.3 is 0 Å². The quantitative estimate of drug-likeness (QED) is 0.850. The highest BCUT2D eigenvalue weighted by molar-refractivity contribution is 9.10. The molecule has 1 saturated heterocycles. The van der Waals surface area contributed by atoms with Crippen LogP contribution < -0.4 is 0 Å². The number of benzene rings is 1. The highest BCUT2D eigenvalue weighted by Crippen LogP contribution is 2.42. The van der Waals surface area contributed by atoms with Crippen LogP contribution >= 0.6 is 27.7 Å². The number of carbonyl (C=O) groups is 1. The molecule has 0 saturated carbocycles. The van der Waals surface area contributed by atoms with Crippen molar-refractivity contribution in [2.75, 3.05) is 20.3 Å². The fourth-order valence-corrected chi connectivity index (χ4v) is 3.55. The average Bonchev–Trinajstić information content (AvgIpc) is 2.64. The molecule has 1 aliphatic heterocycles. The van der Waals surface area contributed by atoms with Crippen molar-refractivity contribution in [2.45, 2.75) is 17.5 Å². The highest BCUT2D eigenvalue weighted by Gasteiger charge is 2.37. The van der Waals surface area contributed by atoms with Gasteiger partial charge in [-0.3, -0.25) is 4.79 Å². The predicted octanol–water partition coefficient (Wildman–Crippen LogP) is 3.06. The first-order chi connectivity index (χ1) is 8.63. The van der Waals surface area contributed by atoms with Crippen LogP contribution in [-0.4, -0.2) is 36.3 Å². The maximum absolute atomic E-state index is 12.1.